The molecule has 0 aliphatic rings. The van der Waals surface area contributed by atoms with Crippen LogP contribution in [0.4, 0.5) is 5.69 Å². The number of anilines is 1. The Kier molecular flexibility index (Phi) is 5.14. The van der Waals surface area contributed by atoms with Crippen LogP contribution in [0.5, 0.6) is 0 Å². The van der Waals surface area contributed by atoms with Crippen LogP contribution < -0.4 is 4.90 Å². The van der Waals surface area contributed by atoms with E-state index < -0.39 is 0 Å². The predicted molar refractivity (Wildman–Crippen MR) is 82.7 cm³/mol. The molecule has 0 radical (unpaired) electrons. The molecule has 20 heavy (non-hydrogen) atoms. The molecule has 0 aliphatic heterocycles. The van der Waals surface area contributed by atoms with Gasteiger partial charge in [0.15, 0.2) is 5.82 Å². The molecule has 0 saturated carbocycles. The first-order valence-corrected chi connectivity index (χ1v) is 7.43. The van der Waals surface area contributed by atoms with Crippen LogP contribution in [0, 0.1) is 0 Å². The van der Waals surface area contributed by atoms with Crippen LogP contribution in [0.2, 0.25) is 0 Å². The van der Waals surface area contributed by atoms with Gasteiger partial charge in [0.25, 0.3) is 0 Å². The Morgan fingerprint density at radius 2 is 1.85 bits per heavy atom. The highest BCUT2D eigenvalue weighted by atomic mass is 79.9. The monoisotopic (exact) mass is 338 g/mol. The maximum Gasteiger partial charge on any atom is 0.152 e. The van der Waals surface area contributed by atoms with Gasteiger partial charge in [-0.15, -0.1) is 10.2 Å². The lowest BCUT2D eigenvalue weighted by Crippen LogP contribution is -2.27. The number of nitrogens with zero attached hydrogens (tertiary/aromatic N) is 4. The second-order valence-electron chi connectivity index (χ2n) is 4.57. The molecule has 0 bridgehead atoms. The van der Waals surface area contributed by atoms with E-state index in [9.17, 15) is 5.11 Å². The zero-order valence-electron chi connectivity index (χ0n) is 11.8. The minimum absolute atomic E-state index is 0.106. The SMILES string of the molecule is CCc1nnc(CN(CCO)c2ccc(Br)cc2)n1C. The van der Waals surface area contributed by atoms with Crippen molar-refractivity contribution in [3.05, 3.63) is 40.4 Å². The summed E-state index contributed by atoms with van der Waals surface area (Å²) < 4.78 is 3.06. The van der Waals surface area contributed by atoms with Crippen molar-refractivity contribution in [2.75, 3.05) is 18.1 Å². The van der Waals surface area contributed by atoms with E-state index in [0.717, 1.165) is 28.2 Å². The number of benzene rings is 1. The third-order valence-electron chi connectivity index (χ3n) is 3.27. The molecular formula is C14H19BrN4O. The summed E-state index contributed by atoms with van der Waals surface area (Å²) in [5.41, 5.74) is 1.06. The van der Waals surface area contributed by atoms with Crippen LogP contribution in [-0.4, -0.2) is 33.0 Å². The Bertz CT molecular complexity index is 553. The average molecular weight is 339 g/mol. The van der Waals surface area contributed by atoms with E-state index in [2.05, 4.69) is 38.0 Å². The van der Waals surface area contributed by atoms with Gasteiger partial charge in [-0.05, 0) is 24.3 Å². The van der Waals surface area contributed by atoms with Gasteiger partial charge < -0.3 is 14.6 Å². The normalized spacial score (nSPS) is 10.8. The Labute approximate surface area is 127 Å². The smallest absolute Gasteiger partial charge is 0.152 e. The third kappa shape index (κ3) is 3.37. The first-order valence-electron chi connectivity index (χ1n) is 6.64. The Morgan fingerprint density at radius 1 is 1.20 bits per heavy atom. The molecule has 2 rings (SSSR count). The van der Waals surface area contributed by atoms with E-state index in [1.807, 2.05) is 35.9 Å². The summed E-state index contributed by atoms with van der Waals surface area (Å²) in [7, 11) is 1.98. The van der Waals surface area contributed by atoms with Crippen LogP contribution in [-0.2, 0) is 20.0 Å². The van der Waals surface area contributed by atoms with Crippen LogP contribution in [0.15, 0.2) is 28.7 Å². The predicted octanol–water partition coefficient (Wildman–Crippen LogP) is 2.14. The van der Waals surface area contributed by atoms with E-state index in [1.54, 1.807) is 0 Å². The summed E-state index contributed by atoms with van der Waals surface area (Å²) in [6, 6.07) is 8.04. The Hall–Kier alpha value is -1.40. The quantitative estimate of drug-likeness (QED) is 0.876. The van der Waals surface area contributed by atoms with Crippen molar-refractivity contribution >= 4 is 21.6 Å². The van der Waals surface area contributed by atoms with Gasteiger partial charge in [-0.2, -0.15) is 0 Å². The topological polar surface area (TPSA) is 54.2 Å². The first kappa shape index (κ1) is 15.0. The van der Waals surface area contributed by atoms with Crippen molar-refractivity contribution in [2.24, 2.45) is 7.05 Å². The molecule has 0 spiro atoms. The largest absolute Gasteiger partial charge is 0.395 e. The summed E-state index contributed by atoms with van der Waals surface area (Å²) in [5.74, 6) is 1.87. The highest BCUT2D eigenvalue weighted by Crippen LogP contribution is 2.20. The molecule has 6 heteroatoms. The van der Waals surface area contributed by atoms with E-state index in [0.29, 0.717) is 13.1 Å². The average Bonchev–Trinajstić information content (AvgIpc) is 2.80. The van der Waals surface area contributed by atoms with Crippen molar-refractivity contribution < 1.29 is 5.11 Å². The molecule has 1 N–H and O–H groups in total. The number of rotatable bonds is 6. The van der Waals surface area contributed by atoms with Crippen molar-refractivity contribution in [1.82, 2.24) is 14.8 Å². The lowest BCUT2D eigenvalue weighted by atomic mass is 10.3. The number of aryl methyl sites for hydroxylation is 1. The standard InChI is InChI=1S/C14H19BrN4O/c1-3-13-16-17-14(18(13)2)10-19(8-9-20)12-6-4-11(15)5-7-12/h4-7,20H,3,8-10H2,1-2H3. The van der Waals surface area contributed by atoms with Crippen LogP contribution >= 0.6 is 15.9 Å². The lowest BCUT2D eigenvalue weighted by molar-refractivity contribution is 0.301. The highest BCUT2D eigenvalue weighted by Gasteiger charge is 2.12. The minimum Gasteiger partial charge on any atom is -0.395 e. The van der Waals surface area contributed by atoms with Gasteiger partial charge in [-0.3, -0.25) is 0 Å². The van der Waals surface area contributed by atoms with Gasteiger partial charge in [0.1, 0.15) is 5.82 Å². The first-order chi connectivity index (χ1) is 9.65. The van der Waals surface area contributed by atoms with Gasteiger partial charge in [0, 0.05) is 30.2 Å². The fraction of sp³-hybridized carbons (Fsp3) is 0.429. The Morgan fingerprint density at radius 3 is 2.40 bits per heavy atom. The highest BCUT2D eigenvalue weighted by molar-refractivity contribution is 9.10. The number of aliphatic hydroxyl groups excluding tert-OH is 1. The molecule has 0 fully saturated rings. The second kappa shape index (κ2) is 6.85. The van der Waals surface area contributed by atoms with E-state index in [4.69, 9.17) is 0 Å². The third-order valence-corrected chi connectivity index (χ3v) is 3.79. The number of halogens is 1. The van der Waals surface area contributed by atoms with Crippen LogP contribution in [0.3, 0.4) is 0 Å². The van der Waals surface area contributed by atoms with Crippen molar-refractivity contribution in [3.8, 4) is 0 Å². The number of aliphatic hydroxyl groups is 1. The van der Waals surface area contributed by atoms with E-state index in [-0.39, 0.29) is 6.61 Å². The van der Waals surface area contributed by atoms with Gasteiger partial charge in [-0.1, -0.05) is 22.9 Å². The maximum absolute atomic E-state index is 9.26. The van der Waals surface area contributed by atoms with Gasteiger partial charge in [0.05, 0.1) is 13.2 Å². The molecule has 0 saturated heterocycles. The zero-order valence-corrected chi connectivity index (χ0v) is 13.3. The summed E-state index contributed by atoms with van der Waals surface area (Å²) in [6.45, 7) is 3.37. The fourth-order valence-electron chi connectivity index (χ4n) is 2.09. The number of hydrogen-bond acceptors (Lipinski definition) is 4. The van der Waals surface area contributed by atoms with Crippen LogP contribution in [0.25, 0.3) is 0 Å². The fourth-order valence-corrected chi connectivity index (χ4v) is 2.35. The number of hydrogen-bond donors (Lipinski definition) is 1. The molecule has 5 nitrogen and oxygen atoms in total. The van der Waals surface area contributed by atoms with E-state index in [1.165, 1.54) is 0 Å². The van der Waals surface area contributed by atoms with Crippen LogP contribution in [0.1, 0.15) is 18.6 Å². The molecule has 1 heterocycles. The molecule has 1 aromatic carbocycles. The Balaban J connectivity index is 2.20. The van der Waals surface area contributed by atoms with Gasteiger partial charge in [-0.25, -0.2) is 0 Å². The molecule has 2 aromatic rings. The minimum atomic E-state index is 0.106. The summed E-state index contributed by atoms with van der Waals surface area (Å²) >= 11 is 3.43. The molecule has 0 amide bonds. The molecule has 108 valence electrons. The zero-order chi connectivity index (χ0) is 14.5. The van der Waals surface area contributed by atoms with Gasteiger partial charge in [0.2, 0.25) is 0 Å². The lowest BCUT2D eigenvalue weighted by Gasteiger charge is -2.23. The molecule has 0 unspecified atom stereocenters. The second-order valence-corrected chi connectivity index (χ2v) is 5.48. The van der Waals surface area contributed by atoms with Crippen molar-refractivity contribution in [3.63, 3.8) is 0 Å². The van der Waals surface area contributed by atoms with Crippen molar-refractivity contribution in [1.29, 1.82) is 0 Å². The molecule has 1 aromatic heterocycles. The molecular weight excluding hydrogens is 320 g/mol. The summed E-state index contributed by atoms with van der Waals surface area (Å²) in [5, 5.41) is 17.7. The van der Waals surface area contributed by atoms with Gasteiger partial charge >= 0.3 is 0 Å². The molecule has 0 aliphatic carbocycles. The van der Waals surface area contributed by atoms with E-state index >= 15 is 0 Å². The van der Waals surface area contributed by atoms with Crippen molar-refractivity contribution in [2.45, 2.75) is 19.9 Å². The summed E-state index contributed by atoms with van der Waals surface area (Å²) in [6.07, 6.45) is 0.863. The maximum atomic E-state index is 9.26. The summed E-state index contributed by atoms with van der Waals surface area (Å²) in [4.78, 5) is 2.09. The molecule has 0 atom stereocenters. The number of aromatic nitrogens is 3.